The number of aromatic hydroxyl groups is 1. The molecule has 2 unspecified atom stereocenters. The molecule has 1 saturated heterocycles. The molecule has 2 heterocycles. The van der Waals surface area contributed by atoms with E-state index in [1.165, 1.54) is 43.2 Å². The van der Waals surface area contributed by atoms with Gasteiger partial charge in [-0.3, -0.25) is 4.90 Å². The third kappa shape index (κ3) is 2.09. The number of aliphatic hydroxyl groups is 1. The molecule has 2 aliphatic heterocycles. The zero-order valence-corrected chi connectivity index (χ0v) is 17.0. The van der Waals surface area contributed by atoms with Crippen LogP contribution in [-0.4, -0.2) is 45.9 Å². The zero-order valence-electron chi connectivity index (χ0n) is 17.0. The molecule has 4 nitrogen and oxygen atoms in total. The van der Waals surface area contributed by atoms with E-state index in [2.05, 4.69) is 17.9 Å². The van der Waals surface area contributed by atoms with Crippen LogP contribution >= 0.6 is 0 Å². The van der Waals surface area contributed by atoms with E-state index in [9.17, 15) is 10.2 Å². The lowest BCUT2D eigenvalue weighted by Crippen LogP contribution is -2.76. The summed E-state index contributed by atoms with van der Waals surface area (Å²) in [5.74, 6) is 2.27. The van der Waals surface area contributed by atoms with Gasteiger partial charge < -0.3 is 14.9 Å². The second-order valence-electron chi connectivity index (χ2n) is 10.2. The Morgan fingerprint density at radius 3 is 2.86 bits per heavy atom. The summed E-state index contributed by atoms with van der Waals surface area (Å²) >= 11 is 0. The van der Waals surface area contributed by atoms with Gasteiger partial charge in [-0.05, 0) is 75.0 Å². The van der Waals surface area contributed by atoms with Crippen molar-refractivity contribution in [1.82, 2.24) is 4.90 Å². The minimum atomic E-state index is -0.723. The lowest BCUT2D eigenvalue weighted by Gasteiger charge is -2.64. The number of likely N-dealkylation sites (tertiary alicyclic amines) is 1. The first-order valence-corrected chi connectivity index (χ1v) is 11.6. The molecular formula is C24H33NO3. The number of ether oxygens (including phenoxy) is 1. The van der Waals surface area contributed by atoms with Gasteiger partial charge in [-0.25, -0.2) is 0 Å². The van der Waals surface area contributed by atoms with Gasteiger partial charge in [0.05, 0.1) is 11.0 Å². The van der Waals surface area contributed by atoms with Crippen LogP contribution in [0.4, 0.5) is 0 Å². The van der Waals surface area contributed by atoms with E-state index < -0.39 is 5.60 Å². The van der Waals surface area contributed by atoms with Crippen molar-refractivity contribution in [2.24, 2.45) is 11.8 Å². The quantitative estimate of drug-likeness (QED) is 0.813. The first-order chi connectivity index (χ1) is 13.6. The molecule has 5 aliphatic rings. The van der Waals surface area contributed by atoms with Gasteiger partial charge in [0.15, 0.2) is 11.5 Å². The van der Waals surface area contributed by atoms with Gasteiger partial charge in [0, 0.05) is 18.2 Å². The van der Waals surface area contributed by atoms with E-state index >= 15 is 0 Å². The second-order valence-corrected chi connectivity index (χ2v) is 10.2. The Hall–Kier alpha value is -1.26. The number of hydrogen-bond donors (Lipinski definition) is 2. The summed E-state index contributed by atoms with van der Waals surface area (Å²) in [7, 11) is 0. The molecule has 6 rings (SSSR count). The van der Waals surface area contributed by atoms with Crippen LogP contribution in [0.3, 0.4) is 0 Å². The van der Waals surface area contributed by atoms with Crippen molar-refractivity contribution in [2.45, 2.75) is 87.9 Å². The summed E-state index contributed by atoms with van der Waals surface area (Å²) in [5, 5.41) is 23.0. The molecule has 0 aromatic heterocycles. The zero-order chi connectivity index (χ0) is 19.1. The largest absolute Gasteiger partial charge is 0.504 e. The molecule has 2 N–H and O–H groups in total. The minimum Gasteiger partial charge on any atom is -0.504 e. The highest BCUT2D eigenvalue weighted by atomic mass is 16.5. The monoisotopic (exact) mass is 383 g/mol. The van der Waals surface area contributed by atoms with Gasteiger partial charge >= 0.3 is 0 Å². The molecule has 1 aromatic rings. The van der Waals surface area contributed by atoms with Gasteiger partial charge in [0.2, 0.25) is 0 Å². The summed E-state index contributed by atoms with van der Waals surface area (Å²) in [6, 6.07) is 4.11. The Bertz CT molecular complexity index is 805. The van der Waals surface area contributed by atoms with Crippen molar-refractivity contribution in [3.63, 3.8) is 0 Å². The summed E-state index contributed by atoms with van der Waals surface area (Å²) < 4.78 is 6.58. The molecule has 3 fully saturated rings. The molecule has 28 heavy (non-hydrogen) atoms. The molecule has 2 bridgehead atoms. The van der Waals surface area contributed by atoms with E-state index in [0.717, 1.165) is 44.7 Å². The third-order valence-electron chi connectivity index (χ3n) is 8.81. The SMILES string of the molecule is CCCCC1CC[C@@]2(O)[C@H]3Cc4ccc(O)c5c4[C@@]2(CCN3CC2CC2)C1O5. The highest BCUT2D eigenvalue weighted by molar-refractivity contribution is 5.62. The molecule has 1 spiro atoms. The van der Waals surface area contributed by atoms with Crippen LogP contribution in [0.2, 0.25) is 0 Å². The molecule has 152 valence electrons. The fourth-order valence-corrected chi connectivity index (χ4v) is 7.35. The number of piperidine rings is 1. The highest BCUT2D eigenvalue weighted by Gasteiger charge is 2.72. The summed E-state index contributed by atoms with van der Waals surface area (Å²) in [6.07, 6.45) is 10.1. The van der Waals surface area contributed by atoms with Crippen LogP contribution in [-0.2, 0) is 11.8 Å². The number of rotatable bonds is 5. The van der Waals surface area contributed by atoms with E-state index in [1.807, 2.05) is 6.07 Å². The normalized spacial score (nSPS) is 40.9. The average Bonchev–Trinajstić information content (AvgIpc) is 3.42. The van der Waals surface area contributed by atoms with Crippen molar-refractivity contribution in [1.29, 1.82) is 0 Å². The first kappa shape index (κ1) is 17.6. The van der Waals surface area contributed by atoms with Crippen molar-refractivity contribution < 1.29 is 14.9 Å². The molecule has 5 atom stereocenters. The van der Waals surface area contributed by atoms with Crippen LogP contribution in [0.5, 0.6) is 11.5 Å². The van der Waals surface area contributed by atoms with Crippen molar-refractivity contribution >= 4 is 0 Å². The van der Waals surface area contributed by atoms with E-state index in [1.54, 1.807) is 0 Å². The Balaban J connectivity index is 1.49. The van der Waals surface area contributed by atoms with Crippen molar-refractivity contribution in [2.75, 3.05) is 13.1 Å². The Labute approximate surface area is 167 Å². The van der Waals surface area contributed by atoms with Crippen LogP contribution in [0.1, 0.15) is 69.4 Å². The Morgan fingerprint density at radius 1 is 1.21 bits per heavy atom. The van der Waals surface area contributed by atoms with Gasteiger partial charge in [0.1, 0.15) is 6.10 Å². The lowest BCUT2D eigenvalue weighted by molar-refractivity contribution is -0.198. The smallest absolute Gasteiger partial charge is 0.165 e. The molecule has 2 saturated carbocycles. The summed E-state index contributed by atoms with van der Waals surface area (Å²) in [6.45, 7) is 4.45. The number of benzene rings is 1. The van der Waals surface area contributed by atoms with Gasteiger partial charge in [0.25, 0.3) is 0 Å². The highest BCUT2D eigenvalue weighted by Crippen LogP contribution is 2.66. The van der Waals surface area contributed by atoms with Crippen molar-refractivity contribution in [3.8, 4) is 11.5 Å². The van der Waals surface area contributed by atoms with E-state index in [-0.39, 0.29) is 23.3 Å². The molecular weight excluding hydrogens is 350 g/mol. The summed E-state index contributed by atoms with van der Waals surface area (Å²) in [5.41, 5.74) is 1.43. The number of phenolic OH excluding ortho intramolecular Hbond substituents is 1. The molecule has 1 aromatic carbocycles. The molecule has 0 radical (unpaired) electrons. The predicted molar refractivity (Wildman–Crippen MR) is 108 cm³/mol. The summed E-state index contributed by atoms with van der Waals surface area (Å²) in [4.78, 5) is 2.61. The van der Waals surface area contributed by atoms with Crippen LogP contribution in [0.15, 0.2) is 12.1 Å². The maximum atomic E-state index is 12.3. The number of nitrogens with zero attached hydrogens (tertiary/aromatic N) is 1. The standard InChI is InChI=1S/C24H33NO3/c1-2-3-4-16-9-10-24(27)19-13-17-7-8-18(26)21-20(17)23(24,22(16)28-21)11-12-25(19)14-15-5-6-15/h7-8,15-16,19,22,26-27H,2-6,9-14H2,1H3/t16?,19-,22?,23+,24-/m1/s1. The van der Waals surface area contributed by atoms with Gasteiger partial charge in [-0.15, -0.1) is 0 Å². The fourth-order valence-electron chi connectivity index (χ4n) is 7.35. The van der Waals surface area contributed by atoms with Crippen LogP contribution < -0.4 is 4.74 Å². The second kappa shape index (κ2) is 5.89. The molecule has 0 amide bonds. The first-order valence-electron chi connectivity index (χ1n) is 11.6. The minimum absolute atomic E-state index is 0.0192. The maximum absolute atomic E-state index is 12.3. The van der Waals surface area contributed by atoms with E-state index in [0.29, 0.717) is 11.7 Å². The van der Waals surface area contributed by atoms with Crippen molar-refractivity contribution in [3.05, 3.63) is 23.3 Å². The maximum Gasteiger partial charge on any atom is 0.165 e. The van der Waals surface area contributed by atoms with Gasteiger partial charge in [-0.2, -0.15) is 0 Å². The fraction of sp³-hybridized carbons (Fsp3) is 0.750. The number of phenols is 1. The Morgan fingerprint density at radius 2 is 2.07 bits per heavy atom. The Kier molecular flexibility index (Phi) is 3.70. The van der Waals surface area contributed by atoms with Crippen LogP contribution in [0, 0.1) is 11.8 Å². The lowest BCUT2D eigenvalue weighted by atomic mass is 9.47. The predicted octanol–water partition coefficient (Wildman–Crippen LogP) is 3.76. The molecule has 4 heteroatoms. The average molecular weight is 384 g/mol. The number of unbranched alkanes of at least 4 members (excludes halogenated alkanes) is 1. The topological polar surface area (TPSA) is 52.9 Å². The number of hydrogen-bond acceptors (Lipinski definition) is 4. The van der Waals surface area contributed by atoms with Gasteiger partial charge in [-0.1, -0.05) is 25.8 Å². The van der Waals surface area contributed by atoms with E-state index in [4.69, 9.17) is 4.74 Å². The third-order valence-corrected chi connectivity index (χ3v) is 8.81. The van der Waals surface area contributed by atoms with Crippen LogP contribution in [0.25, 0.3) is 0 Å². The molecule has 3 aliphatic carbocycles.